The lowest BCUT2D eigenvalue weighted by Crippen LogP contribution is -2.41. The normalized spacial score (nSPS) is 9.17. The van der Waals surface area contributed by atoms with Crippen LogP contribution >= 0.6 is 0 Å². The van der Waals surface area contributed by atoms with Gasteiger partial charge in [-0.3, -0.25) is 14.4 Å². The van der Waals surface area contributed by atoms with Gasteiger partial charge in [0.25, 0.3) is 0 Å². The largest absolute Gasteiger partial charge is 0.355 e. The van der Waals surface area contributed by atoms with Gasteiger partial charge in [-0.25, -0.2) is 0 Å². The van der Waals surface area contributed by atoms with Crippen molar-refractivity contribution in [1.82, 2.24) is 15.5 Å². The second kappa shape index (κ2) is 8.98. The van der Waals surface area contributed by atoms with Gasteiger partial charge in [0.1, 0.15) is 0 Å². The van der Waals surface area contributed by atoms with E-state index in [1.54, 1.807) is 0 Å². The molecule has 0 bridgehead atoms. The molecule has 0 spiro atoms. The molecule has 0 aromatic heterocycles. The summed E-state index contributed by atoms with van der Waals surface area (Å²) in [5.41, 5.74) is 0. The fourth-order valence-corrected chi connectivity index (χ4v) is 1.21. The Hall–Kier alpha value is -2.11. The zero-order valence-corrected chi connectivity index (χ0v) is 10.6. The van der Waals surface area contributed by atoms with Gasteiger partial charge < -0.3 is 15.5 Å². The van der Waals surface area contributed by atoms with Crippen molar-refractivity contribution in [3.05, 3.63) is 25.3 Å². The Bertz CT molecular complexity index is 339. The minimum atomic E-state index is -0.289. The van der Waals surface area contributed by atoms with Crippen LogP contribution in [0, 0.1) is 0 Å². The van der Waals surface area contributed by atoms with Gasteiger partial charge in [-0.05, 0) is 12.2 Å². The monoisotopic (exact) mass is 253 g/mol. The Morgan fingerprint density at radius 3 is 2.06 bits per heavy atom. The van der Waals surface area contributed by atoms with E-state index in [1.807, 2.05) is 0 Å². The third kappa shape index (κ3) is 7.21. The lowest BCUT2D eigenvalue weighted by atomic mass is 10.4. The zero-order valence-electron chi connectivity index (χ0n) is 10.6. The number of hydrogen-bond acceptors (Lipinski definition) is 3. The average molecular weight is 253 g/mol. The molecule has 0 rings (SSSR count). The number of rotatable bonds is 8. The maximum atomic E-state index is 11.5. The molecule has 0 saturated heterocycles. The van der Waals surface area contributed by atoms with E-state index in [4.69, 9.17) is 0 Å². The summed E-state index contributed by atoms with van der Waals surface area (Å²) >= 11 is 0. The van der Waals surface area contributed by atoms with E-state index in [2.05, 4.69) is 23.8 Å². The van der Waals surface area contributed by atoms with Crippen LogP contribution in [0.15, 0.2) is 25.3 Å². The van der Waals surface area contributed by atoms with Gasteiger partial charge >= 0.3 is 0 Å². The minimum absolute atomic E-state index is 0.152. The molecular weight excluding hydrogens is 234 g/mol. The highest BCUT2D eigenvalue weighted by Gasteiger charge is 2.09. The van der Waals surface area contributed by atoms with Gasteiger partial charge in [-0.15, -0.1) is 0 Å². The molecule has 100 valence electrons. The van der Waals surface area contributed by atoms with E-state index in [1.165, 1.54) is 17.9 Å². The Labute approximate surface area is 107 Å². The number of nitrogens with zero attached hydrogens (tertiary/aromatic N) is 1. The van der Waals surface area contributed by atoms with Crippen molar-refractivity contribution < 1.29 is 14.4 Å². The van der Waals surface area contributed by atoms with E-state index in [0.717, 1.165) is 6.08 Å². The third-order valence-corrected chi connectivity index (χ3v) is 2.11. The summed E-state index contributed by atoms with van der Waals surface area (Å²) in [7, 11) is 0. The van der Waals surface area contributed by atoms with Crippen LogP contribution in [0.2, 0.25) is 0 Å². The Kier molecular flexibility index (Phi) is 7.92. The molecule has 3 amide bonds. The van der Waals surface area contributed by atoms with Crippen molar-refractivity contribution in [2.24, 2.45) is 0 Å². The fraction of sp³-hybridized carbons (Fsp3) is 0.417. The second-order valence-corrected chi connectivity index (χ2v) is 3.51. The van der Waals surface area contributed by atoms with Crippen molar-refractivity contribution in [2.45, 2.75) is 6.92 Å². The molecule has 0 heterocycles. The SMILES string of the molecule is C=CC(=O)NCCN(CCNC(C)=O)C(=O)C=C. The molecule has 6 heteroatoms. The van der Waals surface area contributed by atoms with E-state index in [0.29, 0.717) is 26.2 Å². The van der Waals surface area contributed by atoms with Crippen molar-refractivity contribution in [3.8, 4) is 0 Å². The lowest BCUT2D eigenvalue weighted by molar-refractivity contribution is -0.127. The van der Waals surface area contributed by atoms with E-state index < -0.39 is 0 Å². The van der Waals surface area contributed by atoms with Crippen molar-refractivity contribution >= 4 is 17.7 Å². The molecule has 6 nitrogen and oxygen atoms in total. The first-order valence-electron chi connectivity index (χ1n) is 5.57. The molecule has 0 atom stereocenters. The standard InChI is InChI=1S/C12H19N3O3/c1-4-11(17)14-7-9-15(12(18)5-2)8-6-13-10(3)16/h4-5H,1-2,6-9H2,3H3,(H,13,16)(H,14,17). The van der Waals surface area contributed by atoms with Crippen LogP contribution in [0.25, 0.3) is 0 Å². The molecular formula is C12H19N3O3. The Morgan fingerprint density at radius 1 is 1.06 bits per heavy atom. The zero-order chi connectivity index (χ0) is 14.0. The molecule has 0 aromatic rings. The van der Waals surface area contributed by atoms with Gasteiger partial charge in [0, 0.05) is 33.1 Å². The molecule has 0 fully saturated rings. The van der Waals surface area contributed by atoms with Gasteiger partial charge in [-0.1, -0.05) is 13.2 Å². The number of hydrogen-bond donors (Lipinski definition) is 2. The maximum Gasteiger partial charge on any atom is 0.246 e. The highest BCUT2D eigenvalue weighted by atomic mass is 16.2. The summed E-state index contributed by atoms with van der Waals surface area (Å²) < 4.78 is 0. The topological polar surface area (TPSA) is 78.5 Å². The molecule has 18 heavy (non-hydrogen) atoms. The summed E-state index contributed by atoms with van der Waals surface area (Å²) in [4.78, 5) is 34.6. The quantitative estimate of drug-likeness (QED) is 0.569. The first-order valence-corrected chi connectivity index (χ1v) is 5.57. The van der Waals surface area contributed by atoms with Crippen LogP contribution in [-0.2, 0) is 14.4 Å². The predicted octanol–water partition coefficient (Wildman–Crippen LogP) is -0.561. The average Bonchev–Trinajstić information content (AvgIpc) is 2.35. The van der Waals surface area contributed by atoms with E-state index in [9.17, 15) is 14.4 Å². The molecule has 0 aliphatic rings. The first-order chi connectivity index (χ1) is 8.51. The van der Waals surface area contributed by atoms with E-state index >= 15 is 0 Å². The van der Waals surface area contributed by atoms with E-state index in [-0.39, 0.29) is 17.7 Å². The van der Waals surface area contributed by atoms with Crippen LogP contribution in [0.4, 0.5) is 0 Å². The highest BCUT2D eigenvalue weighted by molar-refractivity contribution is 5.88. The van der Waals surface area contributed by atoms with Crippen LogP contribution in [0.5, 0.6) is 0 Å². The summed E-state index contributed by atoms with van der Waals surface area (Å²) in [5, 5.41) is 5.16. The van der Waals surface area contributed by atoms with Gasteiger partial charge in [0.05, 0.1) is 0 Å². The van der Waals surface area contributed by atoms with Crippen LogP contribution in [0.1, 0.15) is 6.92 Å². The maximum absolute atomic E-state index is 11.5. The predicted molar refractivity (Wildman–Crippen MR) is 68.7 cm³/mol. The smallest absolute Gasteiger partial charge is 0.246 e. The molecule has 0 saturated carbocycles. The van der Waals surface area contributed by atoms with Crippen LogP contribution in [0.3, 0.4) is 0 Å². The fourth-order valence-electron chi connectivity index (χ4n) is 1.21. The summed E-state index contributed by atoms with van der Waals surface area (Å²) in [6.45, 7) is 9.54. The Morgan fingerprint density at radius 2 is 1.61 bits per heavy atom. The summed E-state index contributed by atoms with van der Waals surface area (Å²) in [6.07, 6.45) is 2.36. The minimum Gasteiger partial charge on any atom is -0.355 e. The lowest BCUT2D eigenvalue weighted by Gasteiger charge is -2.21. The molecule has 0 unspecified atom stereocenters. The molecule has 0 aliphatic carbocycles. The second-order valence-electron chi connectivity index (χ2n) is 3.51. The number of carbonyl (C=O) groups excluding carboxylic acids is 3. The number of nitrogens with one attached hydrogen (secondary N) is 2. The highest BCUT2D eigenvalue weighted by Crippen LogP contribution is 1.89. The first kappa shape index (κ1) is 15.9. The molecule has 0 radical (unpaired) electrons. The van der Waals surface area contributed by atoms with Crippen LogP contribution < -0.4 is 10.6 Å². The van der Waals surface area contributed by atoms with Gasteiger partial charge in [-0.2, -0.15) is 0 Å². The summed E-state index contributed by atoms with van der Waals surface area (Å²) in [6, 6.07) is 0. The molecule has 0 aliphatic heterocycles. The molecule has 2 N–H and O–H groups in total. The Balaban J connectivity index is 4.10. The van der Waals surface area contributed by atoms with Gasteiger partial charge in [0.15, 0.2) is 0 Å². The van der Waals surface area contributed by atoms with Crippen molar-refractivity contribution in [2.75, 3.05) is 26.2 Å². The van der Waals surface area contributed by atoms with Crippen molar-refractivity contribution in [1.29, 1.82) is 0 Å². The van der Waals surface area contributed by atoms with Crippen molar-refractivity contribution in [3.63, 3.8) is 0 Å². The van der Waals surface area contributed by atoms with Gasteiger partial charge in [0.2, 0.25) is 17.7 Å². The summed E-state index contributed by atoms with van der Waals surface area (Å²) in [5.74, 6) is -0.683. The van der Waals surface area contributed by atoms with Crippen LogP contribution in [-0.4, -0.2) is 48.8 Å². The number of carbonyl (C=O) groups is 3. The molecule has 0 aromatic carbocycles. The third-order valence-electron chi connectivity index (χ3n) is 2.11. The number of amides is 3.